The van der Waals surface area contributed by atoms with E-state index in [0.29, 0.717) is 6.42 Å². The van der Waals surface area contributed by atoms with E-state index in [-0.39, 0.29) is 28.9 Å². The van der Waals surface area contributed by atoms with Crippen LogP contribution in [0.1, 0.15) is 46.5 Å². The molecule has 1 unspecified atom stereocenters. The molecule has 0 spiro atoms. The summed E-state index contributed by atoms with van der Waals surface area (Å²) in [4.78, 5) is 22.1. The fraction of sp³-hybridized carbons (Fsp3) is 0.750. The van der Waals surface area contributed by atoms with Gasteiger partial charge in [0.25, 0.3) is 0 Å². The molecule has 1 rings (SSSR count). The number of nitro groups is 1. The summed E-state index contributed by atoms with van der Waals surface area (Å²) in [5, 5.41) is 10.8. The Labute approximate surface area is 101 Å². The van der Waals surface area contributed by atoms with Crippen LogP contribution >= 0.6 is 0 Å². The maximum absolute atomic E-state index is 11.6. The number of allylic oxidation sites excluding steroid dienone is 2. The number of nitrogens with zero attached hydrogens (tertiary/aromatic N) is 1. The van der Waals surface area contributed by atoms with Crippen molar-refractivity contribution in [3.8, 4) is 0 Å². The maximum atomic E-state index is 11.6. The lowest BCUT2D eigenvalue weighted by molar-refractivity contribution is -0.435. The summed E-state index contributed by atoms with van der Waals surface area (Å²) in [6.07, 6.45) is 4.03. The normalized spacial score (nSPS) is 20.6. The van der Waals surface area contributed by atoms with Crippen LogP contribution in [0.4, 0.5) is 0 Å². The molecule has 1 atom stereocenters. The van der Waals surface area contributed by atoms with Crippen molar-refractivity contribution in [2.45, 2.75) is 52.1 Å². The molecule has 1 aliphatic rings. The summed E-state index contributed by atoms with van der Waals surface area (Å²) in [7, 11) is 0. The Bertz CT molecular complexity index is 341. The Morgan fingerprint density at radius 1 is 1.59 bits per heavy atom. The molecule has 17 heavy (non-hydrogen) atoms. The summed E-state index contributed by atoms with van der Waals surface area (Å²) in [5.41, 5.74) is -0.369. The van der Waals surface area contributed by atoms with Crippen molar-refractivity contribution in [1.82, 2.24) is 0 Å². The molecule has 0 bridgehead atoms. The highest BCUT2D eigenvalue weighted by Gasteiger charge is 2.30. The summed E-state index contributed by atoms with van der Waals surface area (Å²) in [6, 6.07) is 0. The second-order valence-corrected chi connectivity index (χ2v) is 5.30. The molecule has 0 saturated carbocycles. The molecular weight excluding hydrogens is 222 g/mol. The van der Waals surface area contributed by atoms with Gasteiger partial charge in [0.15, 0.2) is 0 Å². The lowest BCUT2D eigenvalue weighted by atomic mass is 9.90. The average molecular weight is 241 g/mol. The van der Waals surface area contributed by atoms with Crippen LogP contribution in [0.2, 0.25) is 0 Å². The zero-order chi connectivity index (χ0) is 13.1. The van der Waals surface area contributed by atoms with E-state index >= 15 is 0 Å². The van der Waals surface area contributed by atoms with Crippen molar-refractivity contribution in [2.24, 2.45) is 5.92 Å². The van der Waals surface area contributed by atoms with E-state index in [0.717, 1.165) is 12.8 Å². The Balaban J connectivity index is 2.61. The summed E-state index contributed by atoms with van der Waals surface area (Å²) < 4.78 is 5.18. The number of hydrogen-bond acceptors (Lipinski definition) is 4. The third-order valence-electron chi connectivity index (χ3n) is 2.57. The van der Waals surface area contributed by atoms with Crippen molar-refractivity contribution < 1.29 is 14.5 Å². The summed E-state index contributed by atoms with van der Waals surface area (Å²) >= 11 is 0. The lowest BCUT2D eigenvalue weighted by Gasteiger charge is -2.22. The molecule has 0 aromatic heterocycles. The minimum Gasteiger partial charge on any atom is -0.460 e. The molecule has 5 heteroatoms. The second kappa shape index (κ2) is 5.29. The first-order valence-corrected chi connectivity index (χ1v) is 5.86. The Hall–Kier alpha value is -1.39. The van der Waals surface area contributed by atoms with Gasteiger partial charge >= 0.3 is 5.97 Å². The average Bonchev–Trinajstić information content (AvgIpc) is 2.14. The van der Waals surface area contributed by atoms with Crippen LogP contribution in [0.3, 0.4) is 0 Å². The molecular formula is C12H19NO4. The molecule has 0 aromatic carbocycles. The molecule has 0 amide bonds. The van der Waals surface area contributed by atoms with Gasteiger partial charge in [0.2, 0.25) is 5.70 Å². The van der Waals surface area contributed by atoms with E-state index in [1.165, 1.54) is 0 Å². The number of hydrogen-bond donors (Lipinski definition) is 0. The van der Waals surface area contributed by atoms with Gasteiger partial charge in [-0.2, -0.15) is 0 Å². The number of esters is 1. The zero-order valence-electron chi connectivity index (χ0n) is 10.6. The molecule has 0 heterocycles. The van der Waals surface area contributed by atoms with Gasteiger partial charge in [-0.1, -0.05) is 0 Å². The number of rotatable bonds is 3. The Kier molecular flexibility index (Phi) is 4.26. The quantitative estimate of drug-likeness (QED) is 0.432. The van der Waals surface area contributed by atoms with Gasteiger partial charge < -0.3 is 4.74 Å². The van der Waals surface area contributed by atoms with E-state index in [9.17, 15) is 14.9 Å². The van der Waals surface area contributed by atoms with E-state index in [2.05, 4.69) is 0 Å². The third kappa shape index (κ3) is 4.54. The van der Waals surface area contributed by atoms with E-state index in [4.69, 9.17) is 4.74 Å². The number of carbonyl (C=O) groups is 1. The predicted octanol–water partition coefficient (Wildman–Crippen LogP) is 2.68. The first-order valence-electron chi connectivity index (χ1n) is 5.86. The molecule has 0 aromatic rings. The highest BCUT2D eigenvalue weighted by molar-refractivity contribution is 5.70. The van der Waals surface area contributed by atoms with Crippen molar-refractivity contribution in [2.75, 3.05) is 0 Å². The van der Waals surface area contributed by atoms with Crippen LogP contribution in [-0.2, 0) is 9.53 Å². The molecule has 0 saturated heterocycles. The SMILES string of the molecule is CC(C)(C)OC(=O)CC1CCCC=C1[N+](=O)[O-]. The fourth-order valence-corrected chi connectivity index (χ4v) is 1.94. The van der Waals surface area contributed by atoms with Crippen LogP contribution < -0.4 is 0 Å². The minimum atomic E-state index is -0.537. The summed E-state index contributed by atoms with van der Waals surface area (Å²) in [6.45, 7) is 5.36. The van der Waals surface area contributed by atoms with Crippen LogP contribution in [0.25, 0.3) is 0 Å². The highest BCUT2D eigenvalue weighted by Crippen LogP contribution is 2.28. The third-order valence-corrected chi connectivity index (χ3v) is 2.57. The van der Waals surface area contributed by atoms with Crippen molar-refractivity contribution in [3.63, 3.8) is 0 Å². The van der Waals surface area contributed by atoms with Gasteiger partial charge in [-0.3, -0.25) is 14.9 Å². The Morgan fingerprint density at radius 3 is 2.76 bits per heavy atom. The molecule has 0 aliphatic heterocycles. The van der Waals surface area contributed by atoms with Gasteiger partial charge in [-0.25, -0.2) is 0 Å². The maximum Gasteiger partial charge on any atom is 0.307 e. The van der Waals surface area contributed by atoms with Crippen molar-refractivity contribution in [1.29, 1.82) is 0 Å². The molecule has 0 radical (unpaired) electrons. The first kappa shape index (κ1) is 13.7. The molecule has 0 N–H and O–H groups in total. The monoisotopic (exact) mass is 241 g/mol. The van der Waals surface area contributed by atoms with Gasteiger partial charge in [-0.05, 0) is 46.1 Å². The lowest BCUT2D eigenvalue weighted by Crippen LogP contribution is -2.27. The van der Waals surface area contributed by atoms with Gasteiger partial charge in [-0.15, -0.1) is 0 Å². The summed E-state index contributed by atoms with van der Waals surface area (Å²) in [5.74, 6) is -0.661. The first-order chi connectivity index (χ1) is 7.79. The fourth-order valence-electron chi connectivity index (χ4n) is 1.94. The van der Waals surface area contributed by atoms with E-state index in [1.807, 2.05) is 0 Å². The van der Waals surface area contributed by atoms with Crippen LogP contribution in [0, 0.1) is 16.0 Å². The standard InChI is InChI=1S/C12H19NO4/c1-12(2,3)17-11(14)8-9-6-4-5-7-10(9)13(15)16/h7,9H,4-6,8H2,1-3H3. The number of ether oxygens (including phenoxy) is 1. The molecule has 96 valence electrons. The van der Waals surface area contributed by atoms with Crippen LogP contribution in [0.5, 0.6) is 0 Å². The number of carbonyl (C=O) groups excluding carboxylic acids is 1. The molecule has 1 aliphatic carbocycles. The van der Waals surface area contributed by atoms with E-state index in [1.54, 1.807) is 26.8 Å². The topological polar surface area (TPSA) is 69.4 Å². The van der Waals surface area contributed by atoms with Crippen LogP contribution in [0.15, 0.2) is 11.8 Å². The molecule has 5 nitrogen and oxygen atoms in total. The second-order valence-electron chi connectivity index (χ2n) is 5.30. The zero-order valence-corrected chi connectivity index (χ0v) is 10.6. The predicted molar refractivity (Wildman–Crippen MR) is 62.9 cm³/mol. The molecule has 0 fully saturated rings. The van der Waals surface area contributed by atoms with Crippen LogP contribution in [-0.4, -0.2) is 16.5 Å². The smallest absolute Gasteiger partial charge is 0.307 e. The van der Waals surface area contributed by atoms with Gasteiger partial charge in [0, 0.05) is 0 Å². The minimum absolute atomic E-state index is 0.101. The van der Waals surface area contributed by atoms with E-state index < -0.39 is 5.60 Å². The van der Waals surface area contributed by atoms with Crippen molar-refractivity contribution >= 4 is 5.97 Å². The van der Waals surface area contributed by atoms with Crippen molar-refractivity contribution in [3.05, 3.63) is 21.9 Å². The van der Waals surface area contributed by atoms with Gasteiger partial charge in [0.05, 0.1) is 17.3 Å². The van der Waals surface area contributed by atoms with Gasteiger partial charge in [0.1, 0.15) is 5.60 Å². The largest absolute Gasteiger partial charge is 0.460 e. The highest BCUT2D eigenvalue weighted by atomic mass is 16.6. The Morgan fingerprint density at radius 2 is 2.24 bits per heavy atom.